The molecule has 0 radical (unpaired) electrons. The molecule has 0 saturated carbocycles. The lowest BCUT2D eigenvalue weighted by molar-refractivity contribution is 0.0530. The summed E-state index contributed by atoms with van der Waals surface area (Å²) in [6, 6.07) is 9.08. The highest BCUT2D eigenvalue weighted by Crippen LogP contribution is 2.29. The van der Waals surface area contributed by atoms with Crippen LogP contribution in [0.5, 0.6) is 0 Å². The van der Waals surface area contributed by atoms with Gasteiger partial charge in [0.1, 0.15) is 0 Å². The van der Waals surface area contributed by atoms with Crippen LogP contribution in [0.4, 0.5) is 0 Å². The van der Waals surface area contributed by atoms with Crippen molar-refractivity contribution in [1.29, 1.82) is 0 Å². The van der Waals surface area contributed by atoms with Crippen LogP contribution in [0.3, 0.4) is 0 Å². The van der Waals surface area contributed by atoms with Crippen LogP contribution in [-0.2, 0) is 4.74 Å². The Morgan fingerprint density at radius 3 is 2.67 bits per heavy atom. The van der Waals surface area contributed by atoms with Gasteiger partial charge in [0.25, 0.3) is 0 Å². The molecular formula is C18H30N2O. The molecule has 1 saturated heterocycles. The molecule has 21 heavy (non-hydrogen) atoms. The molecule has 2 N–H and O–H groups in total. The molecule has 0 aliphatic carbocycles. The predicted octanol–water partition coefficient (Wildman–Crippen LogP) is 3.27. The summed E-state index contributed by atoms with van der Waals surface area (Å²) in [4.78, 5) is 2.51. The fourth-order valence-corrected chi connectivity index (χ4v) is 3.33. The first-order valence-corrected chi connectivity index (χ1v) is 8.34. The summed E-state index contributed by atoms with van der Waals surface area (Å²) in [5, 5.41) is 0. The van der Waals surface area contributed by atoms with Crippen molar-refractivity contribution in [2.24, 2.45) is 5.73 Å². The van der Waals surface area contributed by atoms with Crippen molar-refractivity contribution in [3.05, 3.63) is 35.4 Å². The molecule has 0 spiro atoms. The minimum Gasteiger partial charge on any atom is -0.377 e. The van der Waals surface area contributed by atoms with Gasteiger partial charge in [-0.3, -0.25) is 4.90 Å². The SMILES string of the molecule is CCC(N)C(c1ccccc1C)N(CC)CC1CCCO1. The quantitative estimate of drug-likeness (QED) is 0.837. The second-order valence-corrected chi connectivity index (χ2v) is 6.10. The topological polar surface area (TPSA) is 38.5 Å². The van der Waals surface area contributed by atoms with E-state index in [1.54, 1.807) is 0 Å². The lowest BCUT2D eigenvalue weighted by Gasteiger charge is -2.37. The van der Waals surface area contributed by atoms with E-state index < -0.39 is 0 Å². The van der Waals surface area contributed by atoms with Crippen molar-refractivity contribution in [1.82, 2.24) is 4.90 Å². The Labute approximate surface area is 129 Å². The van der Waals surface area contributed by atoms with Crippen LogP contribution in [0.1, 0.15) is 50.3 Å². The molecule has 118 valence electrons. The Morgan fingerprint density at radius 2 is 2.10 bits per heavy atom. The van der Waals surface area contributed by atoms with E-state index in [9.17, 15) is 0 Å². The maximum atomic E-state index is 6.49. The molecule has 1 fully saturated rings. The van der Waals surface area contributed by atoms with Gasteiger partial charge in [0.05, 0.1) is 12.1 Å². The Morgan fingerprint density at radius 1 is 1.33 bits per heavy atom. The monoisotopic (exact) mass is 290 g/mol. The number of hydrogen-bond donors (Lipinski definition) is 1. The van der Waals surface area contributed by atoms with Gasteiger partial charge < -0.3 is 10.5 Å². The van der Waals surface area contributed by atoms with E-state index in [0.29, 0.717) is 6.10 Å². The second kappa shape index (κ2) is 7.92. The van der Waals surface area contributed by atoms with E-state index in [1.807, 2.05) is 0 Å². The summed E-state index contributed by atoms with van der Waals surface area (Å²) >= 11 is 0. The molecule has 3 heteroatoms. The summed E-state index contributed by atoms with van der Waals surface area (Å²) in [5.41, 5.74) is 9.18. The van der Waals surface area contributed by atoms with Gasteiger partial charge in [-0.2, -0.15) is 0 Å². The number of nitrogens with zero attached hydrogens (tertiary/aromatic N) is 1. The third-order valence-corrected chi connectivity index (χ3v) is 4.65. The first-order chi connectivity index (χ1) is 10.2. The summed E-state index contributed by atoms with van der Waals surface area (Å²) in [7, 11) is 0. The van der Waals surface area contributed by atoms with Crippen LogP contribution in [0.25, 0.3) is 0 Å². The van der Waals surface area contributed by atoms with Crippen molar-refractivity contribution in [2.75, 3.05) is 19.7 Å². The summed E-state index contributed by atoms with van der Waals surface area (Å²) in [5.74, 6) is 0. The average molecular weight is 290 g/mol. The van der Waals surface area contributed by atoms with Crippen LogP contribution >= 0.6 is 0 Å². The molecule has 0 bridgehead atoms. The maximum absolute atomic E-state index is 6.49. The molecule has 1 aromatic carbocycles. The number of nitrogens with two attached hydrogens (primary N) is 1. The number of benzene rings is 1. The molecule has 2 rings (SSSR count). The number of aryl methyl sites for hydroxylation is 1. The first kappa shape index (κ1) is 16.5. The summed E-state index contributed by atoms with van der Waals surface area (Å²) in [6.45, 7) is 9.50. The van der Waals surface area contributed by atoms with Gasteiger partial charge in [0, 0.05) is 19.2 Å². The fourth-order valence-electron chi connectivity index (χ4n) is 3.33. The van der Waals surface area contributed by atoms with E-state index in [0.717, 1.165) is 26.1 Å². The molecule has 1 aromatic rings. The minimum atomic E-state index is 0.160. The Bertz CT molecular complexity index is 429. The van der Waals surface area contributed by atoms with Crippen molar-refractivity contribution in [3.8, 4) is 0 Å². The molecule has 3 nitrogen and oxygen atoms in total. The first-order valence-electron chi connectivity index (χ1n) is 8.34. The average Bonchev–Trinajstić information content (AvgIpc) is 3.01. The lowest BCUT2D eigenvalue weighted by Crippen LogP contribution is -2.44. The molecule has 3 atom stereocenters. The van der Waals surface area contributed by atoms with Gasteiger partial charge in [-0.25, -0.2) is 0 Å². The van der Waals surface area contributed by atoms with E-state index in [1.165, 1.54) is 24.0 Å². The summed E-state index contributed by atoms with van der Waals surface area (Å²) in [6.07, 6.45) is 3.73. The van der Waals surface area contributed by atoms with Crippen LogP contribution in [-0.4, -0.2) is 36.7 Å². The van der Waals surface area contributed by atoms with E-state index in [2.05, 4.69) is 49.9 Å². The molecule has 3 unspecified atom stereocenters. The van der Waals surface area contributed by atoms with Crippen LogP contribution in [0, 0.1) is 6.92 Å². The normalized spacial score (nSPS) is 21.7. The number of hydrogen-bond acceptors (Lipinski definition) is 3. The van der Waals surface area contributed by atoms with Gasteiger partial charge in [-0.05, 0) is 43.9 Å². The lowest BCUT2D eigenvalue weighted by atomic mass is 9.92. The number of rotatable bonds is 7. The zero-order chi connectivity index (χ0) is 15.2. The van der Waals surface area contributed by atoms with Crippen LogP contribution < -0.4 is 5.73 Å². The Hall–Kier alpha value is -0.900. The zero-order valence-corrected chi connectivity index (χ0v) is 13.7. The smallest absolute Gasteiger partial charge is 0.0703 e. The predicted molar refractivity (Wildman–Crippen MR) is 88.4 cm³/mol. The van der Waals surface area contributed by atoms with Gasteiger partial charge in [0.15, 0.2) is 0 Å². The maximum Gasteiger partial charge on any atom is 0.0703 e. The van der Waals surface area contributed by atoms with Gasteiger partial charge in [0.2, 0.25) is 0 Å². The number of ether oxygens (including phenoxy) is 1. The highest BCUT2D eigenvalue weighted by atomic mass is 16.5. The van der Waals surface area contributed by atoms with E-state index >= 15 is 0 Å². The second-order valence-electron chi connectivity index (χ2n) is 6.10. The van der Waals surface area contributed by atoms with E-state index in [-0.39, 0.29) is 12.1 Å². The highest BCUT2D eigenvalue weighted by molar-refractivity contribution is 5.30. The van der Waals surface area contributed by atoms with Crippen molar-refractivity contribution >= 4 is 0 Å². The van der Waals surface area contributed by atoms with Crippen molar-refractivity contribution < 1.29 is 4.74 Å². The molecule has 0 amide bonds. The fraction of sp³-hybridized carbons (Fsp3) is 0.667. The van der Waals surface area contributed by atoms with Crippen molar-refractivity contribution in [2.45, 2.75) is 58.2 Å². The van der Waals surface area contributed by atoms with E-state index in [4.69, 9.17) is 10.5 Å². The molecule has 0 aromatic heterocycles. The minimum absolute atomic E-state index is 0.160. The standard InChI is InChI=1S/C18H30N2O/c1-4-17(19)18(16-11-7-6-9-14(16)3)20(5-2)13-15-10-8-12-21-15/h6-7,9,11,15,17-18H,4-5,8,10,12-13,19H2,1-3H3. The molecule has 1 aliphatic rings. The van der Waals surface area contributed by atoms with Crippen LogP contribution in [0.2, 0.25) is 0 Å². The highest BCUT2D eigenvalue weighted by Gasteiger charge is 2.29. The molecule has 1 aliphatic heterocycles. The molecule has 1 heterocycles. The van der Waals surface area contributed by atoms with Gasteiger partial charge >= 0.3 is 0 Å². The third kappa shape index (κ3) is 4.06. The Kier molecular flexibility index (Phi) is 6.22. The van der Waals surface area contributed by atoms with Gasteiger partial charge in [-0.1, -0.05) is 38.1 Å². The van der Waals surface area contributed by atoms with Gasteiger partial charge in [-0.15, -0.1) is 0 Å². The molecular weight excluding hydrogens is 260 g/mol. The third-order valence-electron chi connectivity index (χ3n) is 4.65. The Balaban J connectivity index is 2.22. The summed E-state index contributed by atoms with van der Waals surface area (Å²) < 4.78 is 5.83. The number of likely N-dealkylation sites (N-methyl/N-ethyl adjacent to an activating group) is 1. The largest absolute Gasteiger partial charge is 0.377 e. The van der Waals surface area contributed by atoms with Crippen molar-refractivity contribution in [3.63, 3.8) is 0 Å². The van der Waals surface area contributed by atoms with Crippen LogP contribution in [0.15, 0.2) is 24.3 Å². The zero-order valence-electron chi connectivity index (χ0n) is 13.7.